The highest BCUT2D eigenvalue weighted by Crippen LogP contribution is 2.27. The Morgan fingerprint density at radius 3 is 2.60 bits per heavy atom. The Bertz CT molecular complexity index is 706. The molecule has 0 atom stereocenters. The summed E-state index contributed by atoms with van der Waals surface area (Å²) in [7, 11) is 0. The summed E-state index contributed by atoms with van der Waals surface area (Å²) in [6.45, 7) is 0.152. The number of aromatic nitrogens is 2. The minimum atomic E-state index is 0.152. The molecule has 3 aromatic rings. The van der Waals surface area contributed by atoms with E-state index in [4.69, 9.17) is 9.84 Å². The lowest BCUT2D eigenvalue weighted by molar-refractivity contribution is 0.299. The molecule has 4 nitrogen and oxygen atoms in total. The molecular weight excluding hydrogens is 252 g/mol. The zero-order valence-corrected chi connectivity index (χ0v) is 10.9. The van der Waals surface area contributed by atoms with E-state index in [9.17, 15) is 0 Å². The third kappa shape index (κ3) is 2.60. The van der Waals surface area contributed by atoms with Gasteiger partial charge in [-0.2, -0.15) is 10.2 Å². The molecule has 2 aromatic carbocycles. The van der Waals surface area contributed by atoms with Crippen molar-refractivity contribution in [1.82, 2.24) is 10.2 Å². The summed E-state index contributed by atoms with van der Waals surface area (Å²) in [5, 5.41) is 17.8. The maximum absolute atomic E-state index is 8.90. The Morgan fingerprint density at radius 2 is 1.80 bits per heavy atom. The number of aliphatic hydroxyl groups excluding tert-OH is 1. The Hall–Kier alpha value is -2.46. The molecule has 0 saturated carbocycles. The third-order valence-corrected chi connectivity index (χ3v) is 3.06. The number of rotatable bonds is 4. The van der Waals surface area contributed by atoms with Gasteiger partial charge >= 0.3 is 0 Å². The molecule has 1 heterocycles. The van der Waals surface area contributed by atoms with Gasteiger partial charge in [-0.3, -0.25) is 0 Å². The first-order valence-electron chi connectivity index (χ1n) is 6.45. The van der Waals surface area contributed by atoms with Crippen molar-refractivity contribution >= 4 is 10.9 Å². The second kappa shape index (κ2) is 5.67. The van der Waals surface area contributed by atoms with Crippen LogP contribution in [0.3, 0.4) is 0 Å². The average molecular weight is 266 g/mol. The highest BCUT2D eigenvalue weighted by atomic mass is 16.5. The number of hydrogen-bond donors (Lipinski definition) is 1. The van der Waals surface area contributed by atoms with E-state index in [1.54, 1.807) is 6.20 Å². The van der Waals surface area contributed by atoms with Gasteiger partial charge in [0, 0.05) is 12.0 Å². The van der Waals surface area contributed by atoms with Gasteiger partial charge in [0.05, 0.1) is 11.7 Å². The van der Waals surface area contributed by atoms with Crippen LogP contribution in [0, 0.1) is 0 Å². The van der Waals surface area contributed by atoms with E-state index in [1.165, 1.54) is 0 Å². The van der Waals surface area contributed by atoms with Gasteiger partial charge in [0.15, 0.2) is 5.75 Å². The van der Waals surface area contributed by atoms with E-state index < -0.39 is 0 Å². The molecule has 3 rings (SSSR count). The molecule has 0 aliphatic rings. The van der Waals surface area contributed by atoms with Crippen molar-refractivity contribution in [2.75, 3.05) is 6.61 Å². The van der Waals surface area contributed by atoms with Crippen LogP contribution in [0.4, 0.5) is 0 Å². The van der Waals surface area contributed by atoms with E-state index in [2.05, 4.69) is 10.2 Å². The van der Waals surface area contributed by atoms with Gasteiger partial charge in [0.25, 0.3) is 0 Å². The van der Waals surface area contributed by atoms with Crippen molar-refractivity contribution < 1.29 is 9.84 Å². The number of nitrogens with zero attached hydrogens (tertiary/aromatic N) is 2. The fraction of sp³-hybridized carbons (Fsp3) is 0.125. The quantitative estimate of drug-likeness (QED) is 0.788. The molecule has 100 valence electrons. The molecular formula is C16H14N2O2. The topological polar surface area (TPSA) is 55.2 Å². The Kier molecular flexibility index (Phi) is 3.56. The van der Waals surface area contributed by atoms with Gasteiger partial charge in [0.2, 0.25) is 0 Å². The lowest BCUT2D eigenvalue weighted by Gasteiger charge is -2.08. The molecule has 4 heteroatoms. The maximum atomic E-state index is 8.90. The minimum absolute atomic E-state index is 0.152. The number of aliphatic hydroxyl groups is 1. The van der Waals surface area contributed by atoms with E-state index in [-0.39, 0.29) is 6.61 Å². The average Bonchev–Trinajstić information content (AvgIpc) is 2.50. The van der Waals surface area contributed by atoms with E-state index >= 15 is 0 Å². The molecule has 1 aromatic heterocycles. The third-order valence-electron chi connectivity index (χ3n) is 3.06. The molecule has 20 heavy (non-hydrogen) atoms. The Morgan fingerprint density at radius 1 is 1.00 bits per heavy atom. The Balaban J connectivity index is 1.89. The zero-order chi connectivity index (χ0) is 13.8. The standard InChI is InChI=1S/C16H14N2O2/c19-10-9-12-5-7-13(8-6-12)20-16-11-17-18-15-4-2-1-3-14(15)16/h1-8,11,19H,9-10H2. The van der Waals surface area contributed by atoms with Crippen molar-refractivity contribution in [3.8, 4) is 11.5 Å². The second-order valence-electron chi connectivity index (χ2n) is 4.45. The van der Waals surface area contributed by atoms with E-state index in [0.717, 1.165) is 22.2 Å². The monoisotopic (exact) mass is 266 g/mol. The number of hydrogen-bond acceptors (Lipinski definition) is 4. The van der Waals surface area contributed by atoms with Gasteiger partial charge < -0.3 is 9.84 Å². The highest BCUT2D eigenvalue weighted by molar-refractivity contribution is 5.84. The lowest BCUT2D eigenvalue weighted by atomic mass is 10.1. The fourth-order valence-corrected chi connectivity index (χ4v) is 2.04. The van der Waals surface area contributed by atoms with Crippen LogP contribution in [-0.2, 0) is 6.42 Å². The molecule has 0 radical (unpaired) electrons. The predicted octanol–water partition coefficient (Wildman–Crippen LogP) is 2.96. The normalized spacial score (nSPS) is 10.7. The summed E-state index contributed by atoms with van der Waals surface area (Å²) in [4.78, 5) is 0. The summed E-state index contributed by atoms with van der Waals surface area (Å²) < 4.78 is 5.86. The Labute approximate surface area is 116 Å². The minimum Gasteiger partial charge on any atom is -0.455 e. The van der Waals surface area contributed by atoms with Crippen molar-refractivity contribution in [2.45, 2.75) is 6.42 Å². The lowest BCUT2D eigenvalue weighted by Crippen LogP contribution is -1.92. The first-order chi connectivity index (χ1) is 9.86. The highest BCUT2D eigenvalue weighted by Gasteiger charge is 2.04. The molecule has 0 bridgehead atoms. The van der Waals surface area contributed by atoms with Crippen LogP contribution in [0.5, 0.6) is 11.5 Å². The summed E-state index contributed by atoms with van der Waals surface area (Å²) in [5.74, 6) is 1.43. The van der Waals surface area contributed by atoms with Gasteiger partial charge in [0.1, 0.15) is 5.75 Å². The fourth-order valence-electron chi connectivity index (χ4n) is 2.04. The predicted molar refractivity (Wildman–Crippen MR) is 76.8 cm³/mol. The van der Waals surface area contributed by atoms with Crippen LogP contribution in [0.25, 0.3) is 10.9 Å². The smallest absolute Gasteiger partial charge is 0.156 e. The van der Waals surface area contributed by atoms with Gasteiger partial charge in [-0.1, -0.05) is 24.3 Å². The van der Waals surface area contributed by atoms with Crippen molar-refractivity contribution in [2.24, 2.45) is 0 Å². The summed E-state index contributed by atoms with van der Waals surface area (Å²) in [6.07, 6.45) is 2.27. The van der Waals surface area contributed by atoms with Crippen LogP contribution in [0.2, 0.25) is 0 Å². The molecule has 0 amide bonds. The second-order valence-corrected chi connectivity index (χ2v) is 4.45. The van der Waals surface area contributed by atoms with E-state index in [1.807, 2.05) is 48.5 Å². The van der Waals surface area contributed by atoms with E-state index in [0.29, 0.717) is 12.2 Å². The summed E-state index contributed by atoms with van der Waals surface area (Å²) in [6, 6.07) is 15.4. The number of ether oxygens (including phenoxy) is 1. The van der Waals surface area contributed by atoms with Crippen LogP contribution in [-0.4, -0.2) is 21.9 Å². The first-order valence-corrected chi connectivity index (χ1v) is 6.45. The summed E-state index contributed by atoms with van der Waals surface area (Å²) >= 11 is 0. The molecule has 1 N–H and O–H groups in total. The maximum Gasteiger partial charge on any atom is 0.156 e. The van der Waals surface area contributed by atoms with Crippen LogP contribution < -0.4 is 4.74 Å². The number of fused-ring (bicyclic) bond motifs is 1. The van der Waals surface area contributed by atoms with Crippen LogP contribution in [0.1, 0.15) is 5.56 Å². The molecule has 0 saturated heterocycles. The first kappa shape index (κ1) is 12.6. The SMILES string of the molecule is OCCc1ccc(Oc2cnnc3ccccc23)cc1. The van der Waals surface area contributed by atoms with Crippen molar-refractivity contribution in [3.63, 3.8) is 0 Å². The van der Waals surface area contributed by atoms with Crippen molar-refractivity contribution in [3.05, 3.63) is 60.3 Å². The van der Waals surface area contributed by atoms with Crippen LogP contribution >= 0.6 is 0 Å². The zero-order valence-electron chi connectivity index (χ0n) is 10.9. The molecule has 0 spiro atoms. The largest absolute Gasteiger partial charge is 0.455 e. The molecule has 0 fully saturated rings. The summed E-state index contributed by atoms with van der Waals surface area (Å²) in [5.41, 5.74) is 1.89. The molecule has 0 unspecified atom stereocenters. The van der Waals surface area contributed by atoms with Crippen molar-refractivity contribution in [1.29, 1.82) is 0 Å². The van der Waals surface area contributed by atoms with Gasteiger partial charge in [-0.15, -0.1) is 0 Å². The van der Waals surface area contributed by atoms with Gasteiger partial charge in [-0.05, 0) is 36.2 Å². The molecule has 0 aliphatic carbocycles. The van der Waals surface area contributed by atoms with Crippen LogP contribution in [0.15, 0.2) is 54.7 Å². The number of benzene rings is 2. The van der Waals surface area contributed by atoms with Gasteiger partial charge in [-0.25, -0.2) is 0 Å². The molecule has 0 aliphatic heterocycles.